The predicted octanol–water partition coefficient (Wildman–Crippen LogP) is 2.25. The summed E-state index contributed by atoms with van der Waals surface area (Å²) in [5, 5.41) is 3.36. The molecule has 0 spiro atoms. The van der Waals surface area contributed by atoms with Gasteiger partial charge in [-0.15, -0.1) is 0 Å². The molecular weight excluding hydrogens is 212 g/mol. The standard InChI is InChI=1S/C14H24N2O/c1-5-11(9-15)14(16-3)12-8-10(2)6-7-13(12)17-4/h6-8,11,14,16H,5,9,15H2,1-4H3. The average molecular weight is 236 g/mol. The van der Waals surface area contributed by atoms with Crippen molar-refractivity contribution in [3.8, 4) is 5.75 Å². The first-order valence-corrected chi connectivity index (χ1v) is 6.19. The molecule has 1 rings (SSSR count). The Morgan fingerprint density at radius 2 is 2.12 bits per heavy atom. The van der Waals surface area contributed by atoms with Crippen LogP contribution in [0, 0.1) is 12.8 Å². The van der Waals surface area contributed by atoms with Crippen molar-refractivity contribution >= 4 is 0 Å². The molecule has 0 aromatic heterocycles. The molecule has 3 nitrogen and oxygen atoms in total. The molecule has 0 saturated carbocycles. The van der Waals surface area contributed by atoms with Crippen LogP contribution in [0.1, 0.15) is 30.5 Å². The molecule has 0 bridgehead atoms. The highest BCUT2D eigenvalue weighted by Gasteiger charge is 2.22. The number of hydrogen-bond donors (Lipinski definition) is 2. The van der Waals surface area contributed by atoms with E-state index in [2.05, 4.69) is 31.3 Å². The fraction of sp³-hybridized carbons (Fsp3) is 0.571. The van der Waals surface area contributed by atoms with Crippen molar-refractivity contribution < 1.29 is 4.74 Å². The minimum atomic E-state index is 0.250. The van der Waals surface area contributed by atoms with Gasteiger partial charge in [0.15, 0.2) is 0 Å². The molecule has 0 aliphatic carbocycles. The second kappa shape index (κ2) is 6.62. The third-order valence-electron chi connectivity index (χ3n) is 3.33. The number of nitrogens with one attached hydrogen (secondary N) is 1. The normalized spacial score (nSPS) is 14.4. The van der Waals surface area contributed by atoms with Gasteiger partial charge in [0.05, 0.1) is 7.11 Å². The van der Waals surface area contributed by atoms with Crippen LogP contribution in [0.15, 0.2) is 18.2 Å². The largest absolute Gasteiger partial charge is 0.496 e. The van der Waals surface area contributed by atoms with E-state index in [1.807, 2.05) is 13.1 Å². The minimum Gasteiger partial charge on any atom is -0.496 e. The Balaban J connectivity index is 3.13. The molecule has 2 atom stereocenters. The Bertz CT molecular complexity index is 348. The van der Waals surface area contributed by atoms with Crippen molar-refractivity contribution in [1.29, 1.82) is 0 Å². The first-order chi connectivity index (χ1) is 8.17. The van der Waals surface area contributed by atoms with E-state index in [1.165, 1.54) is 11.1 Å². The fourth-order valence-corrected chi connectivity index (χ4v) is 2.28. The lowest BCUT2D eigenvalue weighted by Gasteiger charge is -2.27. The van der Waals surface area contributed by atoms with Crippen LogP contribution in [0.4, 0.5) is 0 Å². The van der Waals surface area contributed by atoms with E-state index in [1.54, 1.807) is 7.11 Å². The summed E-state index contributed by atoms with van der Waals surface area (Å²) in [6, 6.07) is 6.52. The van der Waals surface area contributed by atoms with Crippen LogP contribution in [0.5, 0.6) is 5.75 Å². The minimum absolute atomic E-state index is 0.250. The molecular formula is C14H24N2O. The molecule has 0 heterocycles. The molecule has 0 aliphatic rings. The number of methoxy groups -OCH3 is 1. The second-order valence-electron chi connectivity index (χ2n) is 4.42. The van der Waals surface area contributed by atoms with Gasteiger partial charge < -0.3 is 15.8 Å². The van der Waals surface area contributed by atoms with Crippen LogP contribution >= 0.6 is 0 Å². The Morgan fingerprint density at radius 3 is 2.59 bits per heavy atom. The zero-order chi connectivity index (χ0) is 12.8. The van der Waals surface area contributed by atoms with Gasteiger partial charge in [0.1, 0.15) is 5.75 Å². The maximum Gasteiger partial charge on any atom is 0.123 e. The molecule has 3 N–H and O–H groups in total. The topological polar surface area (TPSA) is 47.3 Å². The van der Waals surface area contributed by atoms with E-state index < -0.39 is 0 Å². The summed E-state index contributed by atoms with van der Waals surface area (Å²) in [6.07, 6.45) is 1.05. The van der Waals surface area contributed by atoms with E-state index in [0.29, 0.717) is 12.5 Å². The van der Waals surface area contributed by atoms with E-state index in [9.17, 15) is 0 Å². The molecule has 0 radical (unpaired) electrons. The predicted molar refractivity (Wildman–Crippen MR) is 72.4 cm³/mol. The third kappa shape index (κ3) is 3.20. The fourth-order valence-electron chi connectivity index (χ4n) is 2.28. The molecule has 0 aliphatic heterocycles. The first kappa shape index (κ1) is 14.0. The Kier molecular flexibility index (Phi) is 5.45. The summed E-state index contributed by atoms with van der Waals surface area (Å²) in [7, 11) is 3.69. The first-order valence-electron chi connectivity index (χ1n) is 6.19. The smallest absolute Gasteiger partial charge is 0.123 e. The van der Waals surface area contributed by atoms with Gasteiger partial charge in [-0.1, -0.05) is 31.0 Å². The second-order valence-corrected chi connectivity index (χ2v) is 4.42. The average Bonchev–Trinajstić information content (AvgIpc) is 2.35. The molecule has 0 saturated heterocycles. The summed E-state index contributed by atoms with van der Waals surface area (Å²) < 4.78 is 5.44. The lowest BCUT2D eigenvalue weighted by atomic mass is 9.89. The van der Waals surface area contributed by atoms with E-state index in [4.69, 9.17) is 10.5 Å². The van der Waals surface area contributed by atoms with Gasteiger partial charge in [-0.2, -0.15) is 0 Å². The number of hydrogen-bond acceptors (Lipinski definition) is 3. The Labute approximate surface area is 104 Å². The van der Waals surface area contributed by atoms with E-state index in [0.717, 1.165) is 12.2 Å². The Morgan fingerprint density at radius 1 is 1.41 bits per heavy atom. The maximum atomic E-state index is 5.85. The summed E-state index contributed by atoms with van der Waals surface area (Å²) in [5.41, 5.74) is 8.29. The number of ether oxygens (including phenoxy) is 1. The molecule has 17 heavy (non-hydrogen) atoms. The zero-order valence-corrected chi connectivity index (χ0v) is 11.3. The van der Waals surface area contributed by atoms with Gasteiger partial charge in [0.2, 0.25) is 0 Å². The van der Waals surface area contributed by atoms with E-state index in [-0.39, 0.29) is 6.04 Å². The van der Waals surface area contributed by atoms with Crippen molar-refractivity contribution in [2.24, 2.45) is 11.7 Å². The van der Waals surface area contributed by atoms with Crippen LogP contribution in [-0.2, 0) is 0 Å². The lowest BCUT2D eigenvalue weighted by Crippen LogP contribution is -2.30. The highest BCUT2D eigenvalue weighted by atomic mass is 16.5. The number of aryl methyl sites for hydroxylation is 1. The molecule has 0 fully saturated rings. The molecule has 0 amide bonds. The maximum absolute atomic E-state index is 5.85. The van der Waals surface area contributed by atoms with Gasteiger partial charge >= 0.3 is 0 Å². The van der Waals surface area contributed by atoms with Crippen molar-refractivity contribution in [2.75, 3.05) is 20.7 Å². The van der Waals surface area contributed by atoms with Crippen molar-refractivity contribution in [3.05, 3.63) is 29.3 Å². The number of benzene rings is 1. The number of nitrogens with two attached hydrogens (primary N) is 1. The SMILES string of the molecule is CCC(CN)C(NC)c1cc(C)ccc1OC. The van der Waals surface area contributed by atoms with Gasteiger partial charge in [0.25, 0.3) is 0 Å². The van der Waals surface area contributed by atoms with Gasteiger partial charge in [-0.3, -0.25) is 0 Å². The molecule has 3 heteroatoms. The van der Waals surface area contributed by atoms with Crippen molar-refractivity contribution in [3.63, 3.8) is 0 Å². The molecule has 1 aromatic rings. The summed E-state index contributed by atoms with van der Waals surface area (Å²) in [6.45, 7) is 4.95. The Hall–Kier alpha value is -1.06. The molecule has 1 aromatic carbocycles. The van der Waals surface area contributed by atoms with Gasteiger partial charge in [-0.25, -0.2) is 0 Å². The van der Waals surface area contributed by atoms with Crippen LogP contribution in [0.25, 0.3) is 0 Å². The van der Waals surface area contributed by atoms with Crippen molar-refractivity contribution in [1.82, 2.24) is 5.32 Å². The summed E-state index contributed by atoms with van der Waals surface area (Å²) in [5.74, 6) is 1.36. The van der Waals surface area contributed by atoms with Crippen LogP contribution in [-0.4, -0.2) is 20.7 Å². The summed E-state index contributed by atoms with van der Waals surface area (Å²) >= 11 is 0. The highest BCUT2D eigenvalue weighted by Crippen LogP contribution is 2.31. The monoisotopic (exact) mass is 236 g/mol. The van der Waals surface area contributed by atoms with Crippen LogP contribution in [0.3, 0.4) is 0 Å². The van der Waals surface area contributed by atoms with E-state index >= 15 is 0 Å². The quantitative estimate of drug-likeness (QED) is 0.796. The molecule has 2 unspecified atom stereocenters. The van der Waals surface area contributed by atoms with Crippen LogP contribution in [0.2, 0.25) is 0 Å². The number of rotatable bonds is 6. The molecule has 96 valence electrons. The van der Waals surface area contributed by atoms with Crippen molar-refractivity contribution in [2.45, 2.75) is 26.3 Å². The summed E-state index contributed by atoms with van der Waals surface area (Å²) in [4.78, 5) is 0. The van der Waals surface area contributed by atoms with Gasteiger partial charge in [-0.05, 0) is 32.5 Å². The highest BCUT2D eigenvalue weighted by molar-refractivity contribution is 5.39. The van der Waals surface area contributed by atoms with Gasteiger partial charge in [0, 0.05) is 11.6 Å². The third-order valence-corrected chi connectivity index (χ3v) is 3.33. The zero-order valence-electron chi connectivity index (χ0n) is 11.3. The van der Waals surface area contributed by atoms with Crippen LogP contribution < -0.4 is 15.8 Å². The lowest BCUT2D eigenvalue weighted by molar-refractivity contribution is 0.352.